The zero-order chi connectivity index (χ0) is 23.9. The second kappa shape index (κ2) is 12.5. The zero-order valence-corrected chi connectivity index (χ0v) is 24.0. The highest BCUT2D eigenvalue weighted by molar-refractivity contribution is 8.88. The Balaban J connectivity index is 1.76. The van der Waals surface area contributed by atoms with Crippen LogP contribution in [0.4, 0.5) is 0 Å². The third-order valence-corrected chi connectivity index (χ3v) is 31.5. The highest BCUT2D eigenvalue weighted by atomic mass is 32.8. The first kappa shape index (κ1) is 24.9. The third-order valence-electron chi connectivity index (χ3n) is 5.57. The Morgan fingerprint density at radius 3 is 0.971 bits per heavy atom. The zero-order valence-electron chi connectivity index (χ0n) is 19.3. The molecule has 4 atom stereocenters. The molecule has 0 nitrogen and oxygen atoms in total. The molecule has 5 rings (SSSR count). The standard InChI is InChI=1S/C30H27P5/c31-33(28-20-10-3-11-21-28)35(30-24-14-5-15-25-30)34(29-22-12-4-13-23-29)32(26-16-6-1-7-17-26)27-18-8-2-9-19-27/h1-25H,31H2. The van der Waals surface area contributed by atoms with E-state index in [1.54, 1.807) is 0 Å². The summed E-state index contributed by atoms with van der Waals surface area (Å²) in [6, 6.07) is 56.3. The molecule has 0 aliphatic heterocycles. The van der Waals surface area contributed by atoms with Gasteiger partial charge in [0.05, 0.1) is 0 Å². The molecule has 0 aliphatic rings. The van der Waals surface area contributed by atoms with Crippen LogP contribution in [0.2, 0.25) is 0 Å². The van der Waals surface area contributed by atoms with E-state index in [1.807, 2.05) is 0 Å². The molecule has 4 unspecified atom stereocenters. The van der Waals surface area contributed by atoms with Gasteiger partial charge in [-0.15, -0.1) is 8.93 Å². The lowest BCUT2D eigenvalue weighted by molar-refractivity contribution is 1.76. The molecular weight excluding hydrogens is 515 g/mol. The van der Waals surface area contributed by atoms with Crippen molar-refractivity contribution in [3.05, 3.63) is 152 Å². The summed E-state index contributed by atoms with van der Waals surface area (Å²) in [7, 11) is 1.24. The second-order valence-electron chi connectivity index (χ2n) is 7.91. The van der Waals surface area contributed by atoms with Gasteiger partial charge in [-0.2, -0.15) is 0 Å². The van der Waals surface area contributed by atoms with E-state index in [2.05, 4.69) is 161 Å². The highest BCUT2D eigenvalue weighted by Gasteiger charge is 2.37. The van der Waals surface area contributed by atoms with Crippen LogP contribution >= 0.6 is 38.4 Å². The first-order chi connectivity index (χ1) is 17.3. The average Bonchev–Trinajstić information content (AvgIpc) is 2.95. The van der Waals surface area contributed by atoms with Crippen LogP contribution in [-0.2, 0) is 0 Å². The molecule has 172 valence electrons. The SMILES string of the molecule is PP(c1ccccc1)P(c1ccccc1)P(c1ccccc1)P(c1ccccc1)c1ccccc1. The Morgan fingerprint density at radius 1 is 0.314 bits per heavy atom. The maximum atomic E-state index is 3.32. The molecule has 0 bridgehead atoms. The monoisotopic (exact) mass is 542 g/mol. The van der Waals surface area contributed by atoms with Gasteiger partial charge in [0.25, 0.3) is 0 Å². The van der Waals surface area contributed by atoms with Gasteiger partial charge in [-0.1, -0.05) is 152 Å². The molecule has 5 aromatic carbocycles. The lowest BCUT2D eigenvalue weighted by Gasteiger charge is -2.39. The summed E-state index contributed by atoms with van der Waals surface area (Å²) < 4.78 is 0. The fraction of sp³-hybridized carbons (Fsp3) is 0. The molecule has 5 heteroatoms. The predicted octanol–water partition coefficient (Wildman–Crippen LogP) is 8.08. The Bertz CT molecular complexity index is 1260. The van der Waals surface area contributed by atoms with Gasteiger partial charge in [0.1, 0.15) is 0 Å². The van der Waals surface area contributed by atoms with E-state index in [1.165, 1.54) is 26.5 Å². The predicted molar refractivity (Wildman–Crippen MR) is 168 cm³/mol. The summed E-state index contributed by atoms with van der Waals surface area (Å²) in [6.07, 6.45) is 0. The van der Waals surface area contributed by atoms with Crippen LogP contribution in [-0.4, -0.2) is 0 Å². The lowest BCUT2D eigenvalue weighted by Crippen LogP contribution is -2.16. The maximum Gasteiger partial charge on any atom is -0.00621 e. The largest absolute Gasteiger partial charge is 0.101 e. The van der Waals surface area contributed by atoms with Crippen molar-refractivity contribution >= 4 is 65.0 Å². The average molecular weight is 542 g/mol. The molecule has 0 spiro atoms. The van der Waals surface area contributed by atoms with Crippen molar-refractivity contribution in [1.29, 1.82) is 0 Å². The minimum Gasteiger partial charge on any atom is -0.101 e. The maximum absolute atomic E-state index is 3.32. The van der Waals surface area contributed by atoms with Gasteiger partial charge in [-0.05, 0) is 56.0 Å². The Kier molecular flexibility index (Phi) is 8.88. The normalized spacial score (nSPS) is 13.8. The quantitative estimate of drug-likeness (QED) is 0.174. The van der Waals surface area contributed by atoms with Gasteiger partial charge in [-0.3, -0.25) is 0 Å². The molecule has 0 amide bonds. The van der Waals surface area contributed by atoms with E-state index in [-0.39, 0.29) is 0 Å². The minimum absolute atomic E-state index is 0.465. The van der Waals surface area contributed by atoms with Crippen LogP contribution in [0.3, 0.4) is 0 Å². The summed E-state index contributed by atoms with van der Waals surface area (Å²) in [6.45, 7) is 0. The van der Waals surface area contributed by atoms with Gasteiger partial charge in [-0.25, -0.2) is 0 Å². The molecule has 35 heavy (non-hydrogen) atoms. The summed E-state index contributed by atoms with van der Waals surface area (Å²) >= 11 is 0. The van der Waals surface area contributed by atoms with Crippen LogP contribution in [0.25, 0.3) is 0 Å². The van der Waals surface area contributed by atoms with Gasteiger partial charge < -0.3 is 0 Å². The topological polar surface area (TPSA) is 0 Å². The van der Waals surface area contributed by atoms with Crippen molar-refractivity contribution in [2.24, 2.45) is 0 Å². The molecule has 0 aliphatic carbocycles. The van der Waals surface area contributed by atoms with Crippen LogP contribution in [0.15, 0.2) is 152 Å². The third kappa shape index (κ3) is 5.98. The van der Waals surface area contributed by atoms with E-state index in [9.17, 15) is 0 Å². The van der Waals surface area contributed by atoms with Gasteiger partial charge in [0, 0.05) is 0 Å². The van der Waals surface area contributed by atoms with E-state index >= 15 is 0 Å². The number of rotatable bonds is 8. The molecule has 0 N–H and O–H groups in total. The summed E-state index contributed by atoms with van der Waals surface area (Å²) in [4.78, 5) is 0. The molecule has 0 saturated heterocycles. The van der Waals surface area contributed by atoms with E-state index in [4.69, 9.17) is 0 Å². The van der Waals surface area contributed by atoms with E-state index in [0.29, 0.717) is 0 Å². The van der Waals surface area contributed by atoms with Crippen LogP contribution < -0.4 is 26.5 Å². The number of hydrogen-bond acceptors (Lipinski definition) is 0. The van der Waals surface area contributed by atoms with E-state index in [0.717, 1.165) is 0 Å². The van der Waals surface area contributed by atoms with Gasteiger partial charge in [0.2, 0.25) is 0 Å². The van der Waals surface area contributed by atoms with E-state index < -0.39 is 29.5 Å². The van der Waals surface area contributed by atoms with Crippen molar-refractivity contribution in [2.45, 2.75) is 0 Å². The molecule has 0 radical (unpaired) electrons. The molecule has 0 heterocycles. The minimum atomic E-state index is -0.580. The Hall–Kier alpha value is -1.75. The summed E-state index contributed by atoms with van der Waals surface area (Å²) in [5, 5.41) is 7.40. The van der Waals surface area contributed by atoms with Crippen molar-refractivity contribution in [3.8, 4) is 0 Å². The van der Waals surface area contributed by atoms with Crippen LogP contribution in [0, 0.1) is 0 Å². The Morgan fingerprint density at radius 2 is 0.600 bits per heavy atom. The second-order valence-corrected chi connectivity index (χ2v) is 25.0. The number of hydrogen-bond donors (Lipinski definition) is 0. The lowest BCUT2D eigenvalue weighted by atomic mass is 10.4. The number of benzene rings is 5. The fourth-order valence-corrected chi connectivity index (χ4v) is 36.2. The van der Waals surface area contributed by atoms with Crippen LogP contribution in [0.5, 0.6) is 0 Å². The molecule has 0 fully saturated rings. The van der Waals surface area contributed by atoms with Crippen LogP contribution in [0.1, 0.15) is 0 Å². The molecule has 5 aromatic rings. The highest BCUT2D eigenvalue weighted by Crippen LogP contribution is 2.96. The molecular formula is C30H27P5. The Labute approximate surface area is 216 Å². The fourth-order valence-electron chi connectivity index (χ4n) is 3.95. The molecule has 0 saturated carbocycles. The summed E-state index contributed by atoms with van der Waals surface area (Å²) in [5.74, 6) is 0. The molecule has 0 aromatic heterocycles. The van der Waals surface area contributed by atoms with Crippen molar-refractivity contribution in [1.82, 2.24) is 0 Å². The van der Waals surface area contributed by atoms with Crippen molar-refractivity contribution < 1.29 is 0 Å². The van der Waals surface area contributed by atoms with Gasteiger partial charge in [0.15, 0.2) is 0 Å². The van der Waals surface area contributed by atoms with Crippen molar-refractivity contribution in [2.75, 3.05) is 0 Å². The first-order valence-corrected chi connectivity index (χ1v) is 20.6. The first-order valence-electron chi connectivity index (χ1n) is 11.5. The van der Waals surface area contributed by atoms with Crippen molar-refractivity contribution in [3.63, 3.8) is 0 Å². The summed E-state index contributed by atoms with van der Waals surface area (Å²) in [5.41, 5.74) is 0. The smallest absolute Gasteiger partial charge is 0.00621 e. The van der Waals surface area contributed by atoms with Gasteiger partial charge >= 0.3 is 0 Å².